The molecule has 4 heterocycles. The molecule has 2 N–H and O–H groups in total. The molecule has 3 aromatic heterocycles. The van der Waals surface area contributed by atoms with Gasteiger partial charge in [-0.25, -0.2) is 9.97 Å². The fourth-order valence-electron chi connectivity index (χ4n) is 4.16. The number of aromatic nitrogens is 4. The van der Waals surface area contributed by atoms with Gasteiger partial charge in [-0.2, -0.15) is 0 Å². The molecular formula is C25H26N6O3. The van der Waals surface area contributed by atoms with E-state index < -0.39 is 0 Å². The minimum atomic E-state index is -0.210. The highest BCUT2D eigenvalue weighted by Crippen LogP contribution is 2.30. The lowest BCUT2D eigenvalue weighted by Gasteiger charge is -2.39. The van der Waals surface area contributed by atoms with Gasteiger partial charge in [0.15, 0.2) is 0 Å². The zero-order chi connectivity index (χ0) is 23.5. The summed E-state index contributed by atoms with van der Waals surface area (Å²) in [6.07, 6.45) is 4.78. The number of anilines is 2. The van der Waals surface area contributed by atoms with Gasteiger partial charge in [-0.05, 0) is 35.2 Å². The van der Waals surface area contributed by atoms with Crippen LogP contribution in [0.4, 0.5) is 11.5 Å². The minimum absolute atomic E-state index is 0.210. The second-order valence-corrected chi connectivity index (χ2v) is 8.27. The lowest BCUT2D eigenvalue weighted by molar-refractivity contribution is 0.0943. The van der Waals surface area contributed by atoms with Crippen LogP contribution in [0.25, 0.3) is 22.2 Å². The maximum Gasteiger partial charge on any atom is 0.259 e. The van der Waals surface area contributed by atoms with E-state index in [1.54, 1.807) is 26.6 Å². The average Bonchev–Trinajstić information content (AvgIpc) is 2.84. The summed E-state index contributed by atoms with van der Waals surface area (Å²) >= 11 is 0. The first-order valence-corrected chi connectivity index (χ1v) is 11.1. The van der Waals surface area contributed by atoms with E-state index in [4.69, 9.17) is 14.5 Å². The molecule has 1 fully saturated rings. The molecule has 4 aromatic rings. The quantitative estimate of drug-likeness (QED) is 0.415. The summed E-state index contributed by atoms with van der Waals surface area (Å²) in [7, 11) is 3.27. The molecule has 0 unspecified atom stereocenters. The number of nitrogens with zero attached hydrogens (tertiary/aromatic N) is 4. The van der Waals surface area contributed by atoms with E-state index in [9.17, 15) is 4.79 Å². The van der Waals surface area contributed by atoms with Crippen LogP contribution in [0.15, 0.2) is 59.8 Å². The Hall–Kier alpha value is -3.82. The highest BCUT2D eigenvalue weighted by Gasteiger charge is 2.27. The smallest absolute Gasteiger partial charge is 0.259 e. The van der Waals surface area contributed by atoms with Crippen molar-refractivity contribution < 1.29 is 9.47 Å². The topological polar surface area (TPSA) is 105 Å². The van der Waals surface area contributed by atoms with Gasteiger partial charge < -0.3 is 19.8 Å². The molecule has 1 saturated heterocycles. The fourth-order valence-corrected chi connectivity index (χ4v) is 4.16. The fraction of sp³-hybridized carbons (Fsp3) is 0.280. The monoisotopic (exact) mass is 458 g/mol. The van der Waals surface area contributed by atoms with Gasteiger partial charge in [0.2, 0.25) is 5.88 Å². The minimum Gasteiger partial charge on any atom is -0.480 e. The number of nitrogens with one attached hydrogen (secondary N) is 2. The van der Waals surface area contributed by atoms with E-state index in [1.807, 2.05) is 24.3 Å². The second kappa shape index (κ2) is 9.58. The number of likely N-dealkylation sites (tertiary alicyclic amines) is 1. The van der Waals surface area contributed by atoms with Crippen molar-refractivity contribution in [3.8, 4) is 17.3 Å². The van der Waals surface area contributed by atoms with Crippen LogP contribution in [-0.2, 0) is 4.74 Å². The standard InChI is InChI=1S/C25H26N6O3/c1-33-10-9-31-14-18(15-31)16-3-5-19(6-4-16)28-24-23-17(7-8-27-25(23)32)11-20(30-24)21-12-26-13-22(29-21)34-2/h3-8,11-13,18H,9-10,14-15H2,1-2H3,(H,27,32)(H,28,30). The zero-order valence-corrected chi connectivity index (χ0v) is 19.1. The lowest BCUT2D eigenvalue weighted by Crippen LogP contribution is -2.46. The molecule has 0 spiro atoms. The van der Waals surface area contributed by atoms with Crippen LogP contribution in [0.1, 0.15) is 11.5 Å². The van der Waals surface area contributed by atoms with Crippen LogP contribution in [-0.4, -0.2) is 65.3 Å². The predicted molar refractivity (Wildman–Crippen MR) is 131 cm³/mol. The Morgan fingerprint density at radius 2 is 1.91 bits per heavy atom. The number of aromatic amines is 1. The van der Waals surface area contributed by atoms with E-state index >= 15 is 0 Å². The number of fused-ring (bicyclic) bond motifs is 1. The number of H-pyrrole nitrogens is 1. The summed E-state index contributed by atoms with van der Waals surface area (Å²) in [4.78, 5) is 31.1. The van der Waals surface area contributed by atoms with E-state index in [0.717, 1.165) is 37.3 Å². The van der Waals surface area contributed by atoms with Gasteiger partial charge >= 0.3 is 0 Å². The highest BCUT2D eigenvalue weighted by atomic mass is 16.5. The molecule has 1 aliphatic heterocycles. The molecule has 0 aliphatic carbocycles. The maximum absolute atomic E-state index is 12.6. The van der Waals surface area contributed by atoms with Gasteiger partial charge in [0, 0.05) is 44.5 Å². The highest BCUT2D eigenvalue weighted by molar-refractivity contribution is 5.94. The number of hydrogen-bond acceptors (Lipinski definition) is 8. The van der Waals surface area contributed by atoms with Gasteiger partial charge in [-0.3, -0.25) is 14.7 Å². The largest absolute Gasteiger partial charge is 0.480 e. The van der Waals surface area contributed by atoms with Crippen LogP contribution < -0.4 is 15.6 Å². The summed E-state index contributed by atoms with van der Waals surface area (Å²) in [6, 6.07) is 12.0. The second-order valence-electron chi connectivity index (χ2n) is 8.27. The van der Waals surface area contributed by atoms with Crippen molar-refractivity contribution in [2.24, 2.45) is 0 Å². The van der Waals surface area contributed by atoms with E-state index in [-0.39, 0.29) is 5.56 Å². The molecule has 1 aliphatic rings. The summed E-state index contributed by atoms with van der Waals surface area (Å²) in [5, 5.41) is 4.57. The molecule has 0 atom stereocenters. The summed E-state index contributed by atoms with van der Waals surface area (Å²) in [5.41, 5.74) is 3.09. The number of pyridine rings is 2. The van der Waals surface area contributed by atoms with Gasteiger partial charge in [0.25, 0.3) is 5.56 Å². The molecule has 0 amide bonds. The lowest BCUT2D eigenvalue weighted by atomic mass is 9.91. The normalized spacial score (nSPS) is 14.2. The van der Waals surface area contributed by atoms with Gasteiger partial charge in [0.1, 0.15) is 11.5 Å². The van der Waals surface area contributed by atoms with Crippen LogP contribution in [0.3, 0.4) is 0 Å². The third-order valence-electron chi connectivity index (χ3n) is 6.05. The maximum atomic E-state index is 12.6. The van der Waals surface area contributed by atoms with Crippen molar-refractivity contribution in [3.05, 3.63) is 70.9 Å². The first-order valence-electron chi connectivity index (χ1n) is 11.1. The van der Waals surface area contributed by atoms with Crippen molar-refractivity contribution in [2.75, 3.05) is 45.8 Å². The molecule has 5 rings (SSSR count). The van der Waals surface area contributed by atoms with Crippen LogP contribution in [0, 0.1) is 0 Å². The molecule has 9 nitrogen and oxygen atoms in total. The number of rotatable bonds is 8. The van der Waals surface area contributed by atoms with Gasteiger partial charge in [-0.1, -0.05) is 12.1 Å². The van der Waals surface area contributed by atoms with Gasteiger partial charge in [0.05, 0.1) is 37.2 Å². The van der Waals surface area contributed by atoms with Crippen molar-refractivity contribution in [3.63, 3.8) is 0 Å². The summed E-state index contributed by atoms with van der Waals surface area (Å²) < 4.78 is 10.4. The SMILES string of the molecule is COCCN1CC(c2ccc(Nc3nc(-c4cncc(OC)n4)cc4cc[nH]c(=O)c34)cc2)C1. The Bertz CT molecular complexity index is 1350. The number of benzene rings is 1. The first-order chi connectivity index (χ1) is 16.6. The molecule has 0 radical (unpaired) electrons. The molecule has 34 heavy (non-hydrogen) atoms. The van der Waals surface area contributed by atoms with Crippen LogP contribution in [0.5, 0.6) is 5.88 Å². The van der Waals surface area contributed by atoms with Crippen molar-refractivity contribution in [1.29, 1.82) is 0 Å². The van der Waals surface area contributed by atoms with Crippen molar-refractivity contribution in [2.45, 2.75) is 5.92 Å². The number of hydrogen-bond donors (Lipinski definition) is 2. The van der Waals surface area contributed by atoms with Crippen LogP contribution >= 0.6 is 0 Å². The Balaban J connectivity index is 1.42. The molecule has 1 aromatic carbocycles. The third kappa shape index (κ3) is 4.48. The van der Waals surface area contributed by atoms with Gasteiger partial charge in [-0.15, -0.1) is 0 Å². The molecule has 174 valence electrons. The zero-order valence-electron chi connectivity index (χ0n) is 19.1. The Kier molecular flexibility index (Phi) is 6.20. The Morgan fingerprint density at radius 1 is 1.09 bits per heavy atom. The van der Waals surface area contributed by atoms with E-state index in [1.165, 1.54) is 11.8 Å². The van der Waals surface area contributed by atoms with Crippen molar-refractivity contribution in [1.82, 2.24) is 24.8 Å². The Morgan fingerprint density at radius 3 is 2.68 bits per heavy atom. The number of methoxy groups -OCH3 is 2. The number of ether oxygens (including phenoxy) is 2. The molecule has 9 heteroatoms. The molecule has 0 saturated carbocycles. The van der Waals surface area contributed by atoms with Crippen LogP contribution in [0.2, 0.25) is 0 Å². The Labute approximate surface area is 196 Å². The summed E-state index contributed by atoms with van der Waals surface area (Å²) in [5.74, 6) is 1.39. The van der Waals surface area contributed by atoms with Crippen molar-refractivity contribution >= 4 is 22.3 Å². The molecule has 0 bridgehead atoms. The summed E-state index contributed by atoms with van der Waals surface area (Å²) in [6.45, 7) is 3.81. The first kappa shape index (κ1) is 22.0. The third-order valence-corrected chi connectivity index (χ3v) is 6.05. The predicted octanol–water partition coefficient (Wildman–Crippen LogP) is 3.18. The molecular weight excluding hydrogens is 432 g/mol. The van der Waals surface area contributed by atoms with E-state index in [0.29, 0.717) is 34.4 Å². The van der Waals surface area contributed by atoms with E-state index in [2.05, 4.69) is 37.3 Å². The average molecular weight is 459 g/mol.